The zero-order chi connectivity index (χ0) is 7.84. The SMILES string of the molecule is Cc1nc2c([nH]1)C=NC(C)C2. The number of aliphatic imine (C=N–C) groups is 1. The Morgan fingerprint density at radius 2 is 2.45 bits per heavy atom. The summed E-state index contributed by atoms with van der Waals surface area (Å²) in [6.07, 6.45) is 2.85. The molecule has 0 aromatic carbocycles. The van der Waals surface area contributed by atoms with Gasteiger partial charge in [-0.2, -0.15) is 0 Å². The van der Waals surface area contributed by atoms with Gasteiger partial charge in [-0.15, -0.1) is 0 Å². The van der Waals surface area contributed by atoms with E-state index in [2.05, 4.69) is 21.9 Å². The molecule has 0 radical (unpaired) electrons. The summed E-state index contributed by atoms with van der Waals surface area (Å²) in [4.78, 5) is 11.8. The second kappa shape index (κ2) is 2.19. The minimum Gasteiger partial charge on any atom is -0.341 e. The van der Waals surface area contributed by atoms with Gasteiger partial charge in [-0.25, -0.2) is 4.98 Å². The van der Waals surface area contributed by atoms with Gasteiger partial charge >= 0.3 is 0 Å². The normalized spacial score (nSPS) is 21.8. The van der Waals surface area contributed by atoms with Gasteiger partial charge in [0.15, 0.2) is 0 Å². The molecule has 0 saturated heterocycles. The quantitative estimate of drug-likeness (QED) is 0.589. The first-order valence-electron chi connectivity index (χ1n) is 3.84. The molecule has 3 heteroatoms. The predicted octanol–water partition coefficient (Wildman–Crippen LogP) is 1.08. The van der Waals surface area contributed by atoms with Gasteiger partial charge in [-0.05, 0) is 13.8 Å². The molecule has 0 aliphatic carbocycles. The zero-order valence-corrected chi connectivity index (χ0v) is 6.76. The Kier molecular flexibility index (Phi) is 1.31. The van der Waals surface area contributed by atoms with Gasteiger partial charge in [-0.1, -0.05) is 0 Å². The van der Waals surface area contributed by atoms with E-state index in [0.717, 1.165) is 23.6 Å². The van der Waals surface area contributed by atoms with Gasteiger partial charge in [0.25, 0.3) is 0 Å². The molecule has 0 fully saturated rings. The number of hydrogen-bond acceptors (Lipinski definition) is 2. The van der Waals surface area contributed by atoms with E-state index in [4.69, 9.17) is 0 Å². The van der Waals surface area contributed by atoms with Crippen molar-refractivity contribution >= 4 is 6.21 Å². The van der Waals surface area contributed by atoms with Crippen molar-refractivity contribution in [1.29, 1.82) is 0 Å². The third-order valence-electron chi connectivity index (χ3n) is 1.88. The smallest absolute Gasteiger partial charge is 0.103 e. The van der Waals surface area contributed by atoms with Crippen LogP contribution in [0.5, 0.6) is 0 Å². The lowest BCUT2D eigenvalue weighted by molar-refractivity contribution is 0.718. The van der Waals surface area contributed by atoms with Crippen LogP contribution in [0.2, 0.25) is 0 Å². The molecule has 2 heterocycles. The first-order chi connectivity index (χ1) is 5.25. The fourth-order valence-corrected chi connectivity index (χ4v) is 1.35. The number of nitrogens with one attached hydrogen (secondary N) is 1. The van der Waals surface area contributed by atoms with Gasteiger partial charge < -0.3 is 4.98 Å². The summed E-state index contributed by atoms with van der Waals surface area (Å²) in [5.41, 5.74) is 2.24. The first-order valence-corrected chi connectivity index (χ1v) is 3.84. The minimum atomic E-state index is 0.394. The number of aromatic amines is 1. The van der Waals surface area contributed by atoms with Gasteiger partial charge in [0.2, 0.25) is 0 Å². The highest BCUT2D eigenvalue weighted by Gasteiger charge is 2.13. The Hall–Kier alpha value is -1.12. The second-order valence-corrected chi connectivity index (χ2v) is 3.01. The van der Waals surface area contributed by atoms with E-state index in [-0.39, 0.29) is 0 Å². The average molecular weight is 149 g/mol. The van der Waals surface area contributed by atoms with Crippen LogP contribution in [0.3, 0.4) is 0 Å². The highest BCUT2D eigenvalue weighted by molar-refractivity contribution is 5.79. The van der Waals surface area contributed by atoms with Crippen molar-refractivity contribution in [3.05, 3.63) is 17.2 Å². The molecule has 0 bridgehead atoms. The van der Waals surface area contributed by atoms with E-state index >= 15 is 0 Å². The molecule has 1 aromatic heterocycles. The summed E-state index contributed by atoms with van der Waals surface area (Å²) in [6.45, 7) is 4.07. The zero-order valence-electron chi connectivity index (χ0n) is 6.76. The number of aromatic nitrogens is 2. The summed E-state index contributed by atoms with van der Waals surface area (Å²) in [5, 5.41) is 0. The molecule has 1 unspecified atom stereocenters. The molecule has 2 rings (SSSR count). The van der Waals surface area contributed by atoms with Crippen LogP contribution in [-0.2, 0) is 6.42 Å². The average Bonchev–Trinajstić information content (AvgIpc) is 2.27. The lowest BCUT2D eigenvalue weighted by atomic mass is 10.1. The van der Waals surface area contributed by atoms with Crippen molar-refractivity contribution in [2.24, 2.45) is 4.99 Å². The van der Waals surface area contributed by atoms with Gasteiger partial charge in [0.1, 0.15) is 5.82 Å². The highest BCUT2D eigenvalue weighted by atomic mass is 15.0. The molecule has 58 valence electrons. The van der Waals surface area contributed by atoms with Crippen LogP contribution < -0.4 is 0 Å². The van der Waals surface area contributed by atoms with E-state index in [1.165, 1.54) is 0 Å². The molecule has 1 aliphatic rings. The third kappa shape index (κ3) is 1.06. The van der Waals surface area contributed by atoms with Crippen molar-refractivity contribution < 1.29 is 0 Å². The molecule has 3 nitrogen and oxygen atoms in total. The molecule has 11 heavy (non-hydrogen) atoms. The van der Waals surface area contributed by atoms with Crippen LogP contribution >= 0.6 is 0 Å². The number of aryl methyl sites for hydroxylation is 1. The highest BCUT2D eigenvalue weighted by Crippen LogP contribution is 2.12. The summed E-state index contributed by atoms with van der Waals surface area (Å²) in [5.74, 6) is 0.982. The number of nitrogens with zero attached hydrogens (tertiary/aromatic N) is 2. The van der Waals surface area contributed by atoms with Crippen molar-refractivity contribution in [1.82, 2.24) is 9.97 Å². The number of imidazole rings is 1. The molecule has 0 amide bonds. The second-order valence-electron chi connectivity index (χ2n) is 3.01. The maximum absolute atomic E-state index is 4.35. The van der Waals surface area contributed by atoms with Crippen LogP contribution in [0.25, 0.3) is 0 Å². The van der Waals surface area contributed by atoms with E-state index in [1.54, 1.807) is 0 Å². The predicted molar refractivity (Wildman–Crippen MR) is 44.1 cm³/mol. The Bertz CT molecular complexity index is 298. The molecule has 0 spiro atoms. The Labute approximate surface area is 65.6 Å². The monoisotopic (exact) mass is 149 g/mol. The van der Waals surface area contributed by atoms with Crippen LogP contribution in [0.15, 0.2) is 4.99 Å². The fourth-order valence-electron chi connectivity index (χ4n) is 1.35. The maximum Gasteiger partial charge on any atom is 0.103 e. The standard InChI is InChI=1S/C8H11N3/c1-5-3-7-8(4-9-5)11-6(2)10-7/h4-5H,3H2,1-2H3,(H,10,11). The van der Waals surface area contributed by atoms with Crippen molar-refractivity contribution in [2.45, 2.75) is 26.3 Å². The maximum atomic E-state index is 4.35. The van der Waals surface area contributed by atoms with Crippen LogP contribution in [0.4, 0.5) is 0 Å². The van der Waals surface area contributed by atoms with Crippen molar-refractivity contribution in [3.63, 3.8) is 0 Å². The van der Waals surface area contributed by atoms with E-state index in [1.807, 2.05) is 13.1 Å². The molecule has 1 N–H and O–H groups in total. The van der Waals surface area contributed by atoms with Gasteiger partial charge in [0, 0.05) is 12.6 Å². The van der Waals surface area contributed by atoms with Gasteiger partial charge in [0.05, 0.1) is 17.4 Å². The lowest BCUT2D eigenvalue weighted by Gasteiger charge is -2.08. The summed E-state index contributed by atoms with van der Waals surface area (Å²) < 4.78 is 0. The third-order valence-corrected chi connectivity index (χ3v) is 1.88. The molecule has 0 saturated carbocycles. The number of rotatable bonds is 0. The first kappa shape index (κ1) is 6.58. The van der Waals surface area contributed by atoms with Crippen molar-refractivity contribution in [2.75, 3.05) is 0 Å². The Morgan fingerprint density at radius 1 is 1.64 bits per heavy atom. The van der Waals surface area contributed by atoms with Gasteiger partial charge in [-0.3, -0.25) is 4.99 Å². The largest absolute Gasteiger partial charge is 0.341 e. The number of hydrogen-bond donors (Lipinski definition) is 1. The summed E-state index contributed by atoms with van der Waals surface area (Å²) in [7, 11) is 0. The molecule has 1 aromatic rings. The topological polar surface area (TPSA) is 41.0 Å². The lowest BCUT2D eigenvalue weighted by Crippen LogP contribution is -2.10. The summed E-state index contributed by atoms with van der Waals surface area (Å²) in [6, 6.07) is 0.394. The number of fused-ring (bicyclic) bond motifs is 1. The van der Waals surface area contributed by atoms with E-state index in [0.29, 0.717) is 6.04 Å². The van der Waals surface area contributed by atoms with Crippen LogP contribution in [0, 0.1) is 6.92 Å². The Morgan fingerprint density at radius 3 is 3.27 bits per heavy atom. The molecule has 1 aliphatic heterocycles. The molecular formula is C8H11N3. The van der Waals surface area contributed by atoms with Crippen molar-refractivity contribution in [3.8, 4) is 0 Å². The van der Waals surface area contributed by atoms with Crippen LogP contribution in [-0.4, -0.2) is 22.2 Å². The molecule has 1 atom stereocenters. The minimum absolute atomic E-state index is 0.394. The van der Waals surface area contributed by atoms with Crippen LogP contribution in [0.1, 0.15) is 24.1 Å². The molecular weight excluding hydrogens is 138 g/mol. The Balaban J connectivity index is 2.44. The number of H-pyrrole nitrogens is 1. The van der Waals surface area contributed by atoms with E-state index in [9.17, 15) is 0 Å². The summed E-state index contributed by atoms with van der Waals surface area (Å²) >= 11 is 0. The fraction of sp³-hybridized carbons (Fsp3) is 0.500. The van der Waals surface area contributed by atoms with E-state index < -0.39 is 0 Å².